The summed E-state index contributed by atoms with van der Waals surface area (Å²) >= 11 is 0. The molecule has 2 bridgehead atoms. The third-order valence-corrected chi connectivity index (χ3v) is 8.98. The van der Waals surface area contributed by atoms with Gasteiger partial charge in [-0.1, -0.05) is 60.8 Å². The van der Waals surface area contributed by atoms with Gasteiger partial charge in [-0.05, 0) is 36.5 Å². The lowest BCUT2D eigenvalue weighted by molar-refractivity contribution is -0.959. The fraction of sp³-hybridized carbons (Fsp3) is 0.500. The maximum absolute atomic E-state index is 13.7. The summed E-state index contributed by atoms with van der Waals surface area (Å²) in [5.41, 5.74) is 0.390. The lowest BCUT2D eigenvalue weighted by atomic mass is 9.71. The first kappa shape index (κ1) is 26.2. The summed E-state index contributed by atoms with van der Waals surface area (Å²) in [6.45, 7) is 3.77. The molecule has 198 valence electrons. The standard InChI is InChI=1S/C30H36FN2O3.ClH/c31-25-12-7-13-26(18-25)35-28-21-33(16-14-22(28)15-17-33)20-27-19-29(32-36-27)30(34,23-8-3-1-4-9-23)24-10-5-2-6-11-24;/h1,3-4,7-9,12-13,18-19,22,24,28,34H,2,5-6,10-11,14-17,20-21H2;1H/q+1;/p-1. The number of fused-ring (bicyclic) bond motifs is 3. The molecule has 1 aromatic heterocycles. The van der Waals surface area contributed by atoms with Gasteiger partial charge in [-0.2, -0.15) is 0 Å². The number of hydrogen-bond donors (Lipinski definition) is 1. The molecule has 7 rings (SSSR count). The number of aromatic nitrogens is 1. The second-order valence-corrected chi connectivity index (χ2v) is 11.2. The Labute approximate surface area is 224 Å². The quantitative estimate of drug-likeness (QED) is 0.481. The van der Waals surface area contributed by atoms with E-state index in [4.69, 9.17) is 9.26 Å². The minimum Gasteiger partial charge on any atom is -1.00 e. The molecule has 4 aliphatic rings. The van der Waals surface area contributed by atoms with Crippen molar-refractivity contribution in [3.63, 3.8) is 0 Å². The van der Waals surface area contributed by atoms with Crippen LogP contribution >= 0.6 is 0 Å². The van der Waals surface area contributed by atoms with Crippen LogP contribution < -0.4 is 17.1 Å². The van der Waals surface area contributed by atoms with Crippen LogP contribution in [0.3, 0.4) is 0 Å². The molecule has 3 saturated heterocycles. The van der Waals surface area contributed by atoms with Gasteiger partial charge in [0.25, 0.3) is 0 Å². The van der Waals surface area contributed by atoms with Crippen LogP contribution in [0.25, 0.3) is 0 Å². The summed E-state index contributed by atoms with van der Waals surface area (Å²) in [6, 6.07) is 18.4. The first-order chi connectivity index (χ1) is 17.5. The highest BCUT2D eigenvalue weighted by Gasteiger charge is 2.48. The molecule has 1 aliphatic carbocycles. The van der Waals surface area contributed by atoms with E-state index in [1.807, 2.05) is 42.5 Å². The molecule has 2 aromatic carbocycles. The van der Waals surface area contributed by atoms with Gasteiger partial charge in [0.15, 0.2) is 11.9 Å². The zero-order valence-corrected chi connectivity index (χ0v) is 22.0. The smallest absolute Gasteiger partial charge is 0.191 e. The predicted octanol–water partition coefficient (Wildman–Crippen LogP) is 2.82. The van der Waals surface area contributed by atoms with E-state index < -0.39 is 5.60 Å². The molecule has 0 radical (unpaired) electrons. The van der Waals surface area contributed by atoms with Crippen LogP contribution in [-0.2, 0) is 12.1 Å². The fourth-order valence-corrected chi connectivity index (χ4v) is 6.99. The van der Waals surface area contributed by atoms with Gasteiger partial charge < -0.3 is 31.3 Å². The summed E-state index contributed by atoms with van der Waals surface area (Å²) in [5, 5.41) is 16.6. The highest BCUT2D eigenvalue weighted by atomic mass is 35.5. The van der Waals surface area contributed by atoms with Gasteiger partial charge in [-0.3, -0.25) is 0 Å². The zero-order chi connectivity index (χ0) is 24.6. The molecule has 0 amide bonds. The van der Waals surface area contributed by atoms with E-state index >= 15 is 0 Å². The van der Waals surface area contributed by atoms with E-state index in [1.54, 1.807) is 6.07 Å². The molecule has 1 N–H and O–H groups in total. The third kappa shape index (κ3) is 5.16. The van der Waals surface area contributed by atoms with E-state index in [0.717, 1.165) is 80.5 Å². The van der Waals surface area contributed by atoms with Crippen LogP contribution in [0.1, 0.15) is 62.0 Å². The minimum atomic E-state index is -1.14. The molecular weight excluding hydrogens is 491 g/mol. The lowest BCUT2D eigenvalue weighted by Crippen LogP contribution is -3.00. The fourth-order valence-electron chi connectivity index (χ4n) is 6.99. The van der Waals surface area contributed by atoms with Crippen molar-refractivity contribution in [2.24, 2.45) is 11.8 Å². The number of rotatable bonds is 7. The monoisotopic (exact) mass is 526 g/mol. The van der Waals surface area contributed by atoms with Crippen molar-refractivity contribution >= 4 is 0 Å². The Kier molecular flexibility index (Phi) is 7.62. The van der Waals surface area contributed by atoms with E-state index in [9.17, 15) is 9.50 Å². The highest BCUT2D eigenvalue weighted by molar-refractivity contribution is 5.33. The molecule has 3 aromatic rings. The molecule has 1 saturated carbocycles. The van der Waals surface area contributed by atoms with E-state index in [-0.39, 0.29) is 30.2 Å². The molecule has 37 heavy (non-hydrogen) atoms. The summed E-state index contributed by atoms with van der Waals surface area (Å²) in [7, 11) is 0. The van der Waals surface area contributed by atoms with Crippen LogP contribution in [-0.4, -0.2) is 40.5 Å². The van der Waals surface area contributed by atoms with E-state index in [0.29, 0.717) is 17.4 Å². The molecule has 5 nitrogen and oxygen atoms in total. The molecule has 4 fully saturated rings. The number of quaternary nitrogens is 1. The largest absolute Gasteiger partial charge is 1.00 e. The Morgan fingerprint density at radius 1 is 0.973 bits per heavy atom. The van der Waals surface area contributed by atoms with Gasteiger partial charge in [0, 0.05) is 30.9 Å². The van der Waals surface area contributed by atoms with Crippen molar-refractivity contribution in [3.05, 3.63) is 83.5 Å². The van der Waals surface area contributed by atoms with Gasteiger partial charge in [0.05, 0.1) is 13.1 Å². The van der Waals surface area contributed by atoms with Crippen molar-refractivity contribution in [1.82, 2.24) is 5.16 Å². The Balaban J connectivity index is 0.00000280. The number of ether oxygens (including phenoxy) is 1. The van der Waals surface area contributed by atoms with Crippen molar-refractivity contribution in [1.29, 1.82) is 0 Å². The van der Waals surface area contributed by atoms with Crippen molar-refractivity contribution < 1.29 is 35.6 Å². The maximum atomic E-state index is 13.7. The highest BCUT2D eigenvalue weighted by Crippen LogP contribution is 2.44. The summed E-state index contributed by atoms with van der Waals surface area (Å²) < 4.78 is 26.8. The van der Waals surface area contributed by atoms with Gasteiger partial charge >= 0.3 is 0 Å². The van der Waals surface area contributed by atoms with Crippen molar-refractivity contribution in [2.45, 2.75) is 63.2 Å². The average Bonchev–Trinajstić information content (AvgIpc) is 3.38. The van der Waals surface area contributed by atoms with Crippen LogP contribution in [0.15, 0.2) is 65.2 Å². The Hall–Kier alpha value is -2.41. The van der Waals surface area contributed by atoms with Gasteiger partial charge in [-0.15, -0.1) is 0 Å². The van der Waals surface area contributed by atoms with Gasteiger partial charge in [-0.25, -0.2) is 4.39 Å². The molecule has 7 heteroatoms. The van der Waals surface area contributed by atoms with Crippen molar-refractivity contribution in [2.75, 3.05) is 19.6 Å². The molecule has 2 unspecified atom stereocenters. The predicted molar refractivity (Wildman–Crippen MR) is 135 cm³/mol. The number of hydrogen-bond acceptors (Lipinski definition) is 4. The van der Waals surface area contributed by atoms with Gasteiger partial charge in [0.2, 0.25) is 0 Å². The molecule has 2 atom stereocenters. The normalized spacial score (nSPS) is 27.3. The second kappa shape index (κ2) is 10.8. The second-order valence-electron chi connectivity index (χ2n) is 11.2. The minimum absolute atomic E-state index is 0. The van der Waals surface area contributed by atoms with Crippen LogP contribution in [0.4, 0.5) is 4.39 Å². The maximum Gasteiger partial charge on any atom is 0.191 e. The first-order valence-corrected chi connectivity index (χ1v) is 13.6. The number of nitrogens with zero attached hydrogens (tertiary/aromatic N) is 2. The van der Waals surface area contributed by atoms with E-state index in [1.165, 1.54) is 18.6 Å². The van der Waals surface area contributed by atoms with Crippen molar-refractivity contribution in [3.8, 4) is 5.75 Å². The van der Waals surface area contributed by atoms with Crippen LogP contribution in [0, 0.1) is 17.7 Å². The third-order valence-electron chi connectivity index (χ3n) is 8.98. The SMILES string of the molecule is OC(c1ccccc1)(c1cc(C[N+]23CCC(CC2)C(Oc2cccc(F)c2)C3)on1)C1CCCCC1.[Cl-]. The number of aliphatic hydroxyl groups is 1. The van der Waals surface area contributed by atoms with Gasteiger partial charge in [0.1, 0.15) is 36.0 Å². The Morgan fingerprint density at radius 3 is 2.46 bits per heavy atom. The van der Waals surface area contributed by atoms with Crippen LogP contribution in [0.2, 0.25) is 0 Å². The Bertz CT molecular complexity index is 1170. The molecule has 0 spiro atoms. The summed E-state index contributed by atoms with van der Waals surface area (Å²) in [5.74, 6) is 1.80. The lowest BCUT2D eigenvalue weighted by Gasteiger charge is -2.51. The number of benzene rings is 2. The van der Waals surface area contributed by atoms with E-state index in [2.05, 4.69) is 5.16 Å². The summed E-state index contributed by atoms with van der Waals surface area (Å²) in [6.07, 6.45) is 7.75. The molecule has 4 heterocycles. The zero-order valence-electron chi connectivity index (χ0n) is 21.2. The first-order valence-electron chi connectivity index (χ1n) is 13.6. The number of halogens is 2. The average molecular weight is 527 g/mol. The number of piperidine rings is 3. The Morgan fingerprint density at radius 2 is 1.73 bits per heavy atom. The summed E-state index contributed by atoms with van der Waals surface area (Å²) in [4.78, 5) is 0. The molecular formula is C30H36ClFN2O3. The van der Waals surface area contributed by atoms with Crippen LogP contribution in [0.5, 0.6) is 5.75 Å². The molecule has 3 aliphatic heterocycles. The topological polar surface area (TPSA) is 55.5 Å².